The Bertz CT molecular complexity index is 234. The van der Waals surface area contributed by atoms with E-state index in [1.165, 1.54) is 0 Å². The summed E-state index contributed by atoms with van der Waals surface area (Å²) in [6, 6.07) is 0. The maximum atomic E-state index is 13.6. The van der Waals surface area contributed by atoms with Crippen molar-refractivity contribution in [3.63, 3.8) is 0 Å². The van der Waals surface area contributed by atoms with Crippen molar-refractivity contribution >= 4 is 7.91 Å². The Morgan fingerprint density at radius 3 is 1.41 bits per heavy atom. The van der Waals surface area contributed by atoms with Crippen LogP contribution < -0.4 is 0 Å². The molecule has 0 bridgehead atoms. The molecule has 5 heteroatoms. The van der Waals surface area contributed by atoms with Gasteiger partial charge in [0, 0.05) is 0 Å². The van der Waals surface area contributed by atoms with Crippen molar-refractivity contribution in [2.24, 2.45) is 11.8 Å². The maximum absolute atomic E-state index is 13.6. The van der Waals surface area contributed by atoms with E-state index >= 15 is 0 Å². The van der Waals surface area contributed by atoms with E-state index in [0.29, 0.717) is 24.7 Å². The van der Waals surface area contributed by atoms with Crippen LogP contribution in [0.4, 0.5) is 4.20 Å². The van der Waals surface area contributed by atoms with Gasteiger partial charge < -0.3 is 0 Å². The zero-order valence-electron chi connectivity index (χ0n) is 11.8. The van der Waals surface area contributed by atoms with Crippen molar-refractivity contribution in [1.29, 1.82) is 0 Å². The number of hydrogen-bond donors (Lipinski definition) is 0. The lowest BCUT2D eigenvalue weighted by molar-refractivity contribution is 0.0879. The first-order valence-electron chi connectivity index (χ1n) is 6.29. The molecule has 0 aliphatic rings. The van der Waals surface area contributed by atoms with Gasteiger partial charge >= 0.3 is 7.91 Å². The Hall–Kier alpha value is 0.0800. The second-order valence-corrected chi connectivity index (χ2v) is 6.80. The third kappa shape index (κ3) is 9.75. The molecule has 2 unspecified atom stereocenters. The summed E-state index contributed by atoms with van der Waals surface area (Å²) < 4.78 is 34.8. The van der Waals surface area contributed by atoms with Gasteiger partial charge in [-0.2, -0.15) is 0 Å². The van der Waals surface area contributed by atoms with Crippen LogP contribution in [0.25, 0.3) is 0 Å². The van der Waals surface area contributed by atoms with Crippen LogP contribution in [0.5, 0.6) is 0 Å². The Morgan fingerprint density at radius 2 is 1.18 bits per heavy atom. The first kappa shape index (κ1) is 17.1. The fourth-order valence-corrected chi connectivity index (χ4v) is 2.95. The smallest absolute Gasteiger partial charge is 0.281 e. The molecule has 0 saturated carbocycles. The summed E-state index contributed by atoms with van der Waals surface area (Å²) in [4.78, 5) is 0. The second kappa shape index (κ2) is 7.50. The lowest BCUT2D eigenvalue weighted by atomic mass is 10.1. The van der Waals surface area contributed by atoms with E-state index in [1.54, 1.807) is 13.8 Å². The molecule has 0 fully saturated rings. The quantitative estimate of drug-likeness (QED) is 0.583. The average molecular weight is 268 g/mol. The topological polar surface area (TPSA) is 35.5 Å². The largest absolute Gasteiger partial charge is 0.513 e. The van der Waals surface area contributed by atoms with Gasteiger partial charge in [-0.3, -0.25) is 9.05 Å². The molecule has 0 aromatic carbocycles. The highest BCUT2D eigenvalue weighted by atomic mass is 31.2. The summed E-state index contributed by atoms with van der Waals surface area (Å²) in [5, 5.41) is 0. The van der Waals surface area contributed by atoms with Crippen LogP contribution in [0.15, 0.2) is 0 Å². The molecule has 0 saturated heterocycles. The Balaban J connectivity index is 4.14. The highest BCUT2D eigenvalue weighted by molar-refractivity contribution is 7.48. The molecule has 17 heavy (non-hydrogen) atoms. The van der Waals surface area contributed by atoms with Crippen LogP contribution in [-0.2, 0) is 13.6 Å². The fourth-order valence-electron chi connectivity index (χ4n) is 1.87. The standard InChI is InChI=1S/C12H26FO3P/c1-9(2)7-11(5)15-17(13,14)16-12(6)8-10(3)4/h9-12H,7-8H2,1-6H3. The van der Waals surface area contributed by atoms with Gasteiger partial charge in [-0.15, -0.1) is 4.20 Å². The van der Waals surface area contributed by atoms with Gasteiger partial charge in [-0.25, -0.2) is 4.57 Å². The van der Waals surface area contributed by atoms with Gasteiger partial charge in [0.1, 0.15) is 0 Å². The first-order chi connectivity index (χ1) is 7.62. The third-order valence-electron chi connectivity index (χ3n) is 2.22. The first-order valence-corrected chi connectivity index (χ1v) is 7.72. The monoisotopic (exact) mass is 268 g/mol. The van der Waals surface area contributed by atoms with E-state index in [4.69, 9.17) is 9.05 Å². The predicted octanol–water partition coefficient (Wildman–Crippen LogP) is 4.97. The molecule has 0 spiro atoms. The van der Waals surface area contributed by atoms with E-state index in [-0.39, 0.29) is 0 Å². The third-order valence-corrected chi connectivity index (χ3v) is 3.44. The molecule has 0 aliphatic heterocycles. The van der Waals surface area contributed by atoms with Gasteiger partial charge in [-0.1, -0.05) is 27.7 Å². The van der Waals surface area contributed by atoms with Crippen LogP contribution in [0.2, 0.25) is 0 Å². The highest BCUT2D eigenvalue weighted by Gasteiger charge is 2.30. The van der Waals surface area contributed by atoms with Gasteiger partial charge in [0.2, 0.25) is 0 Å². The minimum absolute atomic E-state index is 0.373. The predicted molar refractivity (Wildman–Crippen MR) is 68.7 cm³/mol. The van der Waals surface area contributed by atoms with Crippen molar-refractivity contribution < 1.29 is 17.8 Å². The van der Waals surface area contributed by atoms with Gasteiger partial charge in [-0.05, 0) is 38.5 Å². The minimum Gasteiger partial charge on any atom is -0.281 e. The lowest BCUT2D eigenvalue weighted by Crippen LogP contribution is -2.13. The van der Waals surface area contributed by atoms with Crippen molar-refractivity contribution in [3.05, 3.63) is 0 Å². The Labute approximate surface area is 105 Å². The molecule has 0 aromatic rings. The molecule has 0 radical (unpaired) electrons. The van der Waals surface area contributed by atoms with E-state index in [0.717, 1.165) is 0 Å². The van der Waals surface area contributed by atoms with Crippen molar-refractivity contribution in [2.75, 3.05) is 0 Å². The molecule has 2 atom stereocenters. The molecule has 0 N–H and O–H groups in total. The number of hydrogen-bond acceptors (Lipinski definition) is 3. The lowest BCUT2D eigenvalue weighted by Gasteiger charge is -2.21. The zero-order valence-corrected chi connectivity index (χ0v) is 12.7. The SMILES string of the molecule is CC(C)CC(C)OP(=O)(F)OC(C)CC(C)C. The summed E-state index contributed by atoms with van der Waals surface area (Å²) in [5.41, 5.74) is 0. The molecule has 0 aliphatic carbocycles. The molecule has 0 aromatic heterocycles. The zero-order chi connectivity index (χ0) is 13.6. The van der Waals surface area contributed by atoms with Crippen LogP contribution in [0.3, 0.4) is 0 Å². The Morgan fingerprint density at radius 1 is 0.882 bits per heavy atom. The number of halogens is 1. The van der Waals surface area contributed by atoms with Crippen molar-refractivity contribution in [2.45, 2.75) is 66.6 Å². The van der Waals surface area contributed by atoms with Crippen LogP contribution >= 0.6 is 7.91 Å². The average Bonchev–Trinajstić information content (AvgIpc) is 1.95. The molecule has 0 amide bonds. The molecule has 104 valence electrons. The van der Waals surface area contributed by atoms with E-state index in [9.17, 15) is 8.76 Å². The summed E-state index contributed by atoms with van der Waals surface area (Å²) in [5.74, 6) is 0.746. The van der Waals surface area contributed by atoms with E-state index in [2.05, 4.69) is 0 Å². The van der Waals surface area contributed by atoms with Crippen LogP contribution in [0, 0.1) is 11.8 Å². The maximum Gasteiger partial charge on any atom is 0.513 e. The summed E-state index contributed by atoms with van der Waals surface area (Å²) >= 11 is 0. The molecule has 3 nitrogen and oxygen atoms in total. The van der Waals surface area contributed by atoms with E-state index in [1.807, 2.05) is 27.7 Å². The van der Waals surface area contributed by atoms with Crippen molar-refractivity contribution in [1.82, 2.24) is 0 Å². The summed E-state index contributed by atoms with van der Waals surface area (Å²) in [6.07, 6.45) is 0.542. The second-order valence-electron chi connectivity index (χ2n) is 5.52. The summed E-state index contributed by atoms with van der Waals surface area (Å²) in [7, 11) is -4.42. The number of rotatable bonds is 8. The van der Waals surface area contributed by atoms with Gasteiger partial charge in [0.25, 0.3) is 0 Å². The normalized spacial score (nSPS) is 19.4. The molecular weight excluding hydrogens is 242 g/mol. The molecule has 0 heterocycles. The van der Waals surface area contributed by atoms with Gasteiger partial charge in [0.05, 0.1) is 12.2 Å². The molecule has 0 rings (SSSR count). The minimum atomic E-state index is -4.42. The fraction of sp³-hybridized carbons (Fsp3) is 1.00. The Kier molecular flexibility index (Phi) is 7.54. The summed E-state index contributed by atoms with van der Waals surface area (Å²) in [6.45, 7) is 11.4. The highest BCUT2D eigenvalue weighted by Crippen LogP contribution is 2.53. The van der Waals surface area contributed by atoms with E-state index < -0.39 is 20.1 Å². The van der Waals surface area contributed by atoms with Gasteiger partial charge in [0.15, 0.2) is 0 Å². The van der Waals surface area contributed by atoms with Crippen molar-refractivity contribution in [3.8, 4) is 0 Å². The van der Waals surface area contributed by atoms with Crippen LogP contribution in [-0.4, -0.2) is 12.2 Å². The van der Waals surface area contributed by atoms with Crippen LogP contribution in [0.1, 0.15) is 54.4 Å². The molecular formula is C12H26FO3P.